The fourth-order valence-corrected chi connectivity index (χ4v) is 4.79. The lowest BCUT2D eigenvalue weighted by Gasteiger charge is -2.33. The predicted octanol–water partition coefficient (Wildman–Crippen LogP) is 3.08. The number of ether oxygens (including phenoxy) is 1. The van der Waals surface area contributed by atoms with Crippen molar-refractivity contribution in [3.8, 4) is 11.8 Å². The van der Waals surface area contributed by atoms with Crippen LogP contribution in [0.1, 0.15) is 36.1 Å². The largest absolute Gasteiger partial charge is 0.497 e. The Morgan fingerprint density at radius 2 is 2.06 bits per heavy atom. The van der Waals surface area contributed by atoms with Crippen LogP contribution in [0.2, 0.25) is 0 Å². The summed E-state index contributed by atoms with van der Waals surface area (Å²) < 4.78 is 6.95. The van der Waals surface area contributed by atoms with E-state index in [1.54, 1.807) is 36.2 Å². The van der Waals surface area contributed by atoms with E-state index in [2.05, 4.69) is 16.0 Å². The van der Waals surface area contributed by atoms with Gasteiger partial charge in [-0.1, -0.05) is 0 Å². The third kappa shape index (κ3) is 3.63. The summed E-state index contributed by atoms with van der Waals surface area (Å²) >= 11 is 0. The normalized spacial score (nSPS) is 16.3. The number of methoxy groups -OCH3 is 1. The van der Waals surface area contributed by atoms with Gasteiger partial charge in [0.2, 0.25) is 0 Å². The average molecular weight is 415 g/mol. The highest BCUT2D eigenvalue weighted by molar-refractivity contribution is 5.78. The van der Waals surface area contributed by atoms with Crippen molar-refractivity contribution >= 4 is 16.7 Å². The fourth-order valence-electron chi connectivity index (χ4n) is 4.79. The van der Waals surface area contributed by atoms with E-state index in [4.69, 9.17) is 9.72 Å². The third-order valence-corrected chi connectivity index (χ3v) is 6.55. The molecule has 0 atom stereocenters. The molecule has 0 spiro atoms. The van der Waals surface area contributed by atoms with Gasteiger partial charge in [-0.3, -0.25) is 9.36 Å². The molecule has 1 aliphatic carbocycles. The Bertz CT molecular complexity index is 1240. The molecule has 0 unspecified atom stereocenters. The lowest BCUT2D eigenvalue weighted by Crippen LogP contribution is -2.37. The number of aromatic nitrogens is 3. The molecule has 1 aliphatic heterocycles. The summed E-state index contributed by atoms with van der Waals surface area (Å²) in [7, 11) is 1.60. The minimum Gasteiger partial charge on any atom is -0.497 e. The zero-order valence-electron chi connectivity index (χ0n) is 17.7. The number of anilines is 1. The molecular weight excluding hydrogens is 390 g/mol. The number of aryl methyl sites for hydroxylation is 2. The molecule has 1 fully saturated rings. The van der Waals surface area contributed by atoms with E-state index in [9.17, 15) is 10.1 Å². The zero-order valence-corrected chi connectivity index (χ0v) is 17.7. The second-order valence-corrected chi connectivity index (χ2v) is 8.45. The Balaban J connectivity index is 1.30. The SMILES string of the molecule is COc1ccc2c(=O)n(CC3CCN(c4nc5c(cc4C#N)CCC5)CC3)cnc2c1. The zero-order chi connectivity index (χ0) is 21.4. The maximum absolute atomic E-state index is 12.9. The van der Waals surface area contributed by atoms with Gasteiger partial charge in [0, 0.05) is 31.4 Å². The van der Waals surface area contributed by atoms with E-state index in [0.717, 1.165) is 56.7 Å². The van der Waals surface area contributed by atoms with Crippen LogP contribution in [0.15, 0.2) is 35.4 Å². The minimum atomic E-state index is -0.0119. The van der Waals surface area contributed by atoms with Gasteiger partial charge in [-0.05, 0) is 61.8 Å². The van der Waals surface area contributed by atoms with Gasteiger partial charge in [0.05, 0.1) is 29.9 Å². The van der Waals surface area contributed by atoms with Gasteiger partial charge in [-0.2, -0.15) is 5.26 Å². The summed E-state index contributed by atoms with van der Waals surface area (Å²) in [4.78, 5) is 24.5. The van der Waals surface area contributed by atoms with Crippen LogP contribution in [-0.2, 0) is 19.4 Å². The Kier molecular flexibility index (Phi) is 5.06. The lowest BCUT2D eigenvalue weighted by atomic mass is 9.96. The monoisotopic (exact) mass is 415 g/mol. The van der Waals surface area contributed by atoms with E-state index in [1.165, 1.54) is 5.56 Å². The first-order valence-electron chi connectivity index (χ1n) is 10.9. The molecule has 7 nitrogen and oxygen atoms in total. The molecule has 31 heavy (non-hydrogen) atoms. The second kappa shape index (κ2) is 8.03. The van der Waals surface area contributed by atoms with Crippen molar-refractivity contribution in [1.82, 2.24) is 14.5 Å². The maximum Gasteiger partial charge on any atom is 0.261 e. The van der Waals surface area contributed by atoms with Gasteiger partial charge < -0.3 is 9.64 Å². The highest BCUT2D eigenvalue weighted by Gasteiger charge is 2.25. The van der Waals surface area contributed by atoms with E-state index < -0.39 is 0 Å². The smallest absolute Gasteiger partial charge is 0.261 e. The van der Waals surface area contributed by atoms with Crippen LogP contribution in [0.3, 0.4) is 0 Å². The van der Waals surface area contributed by atoms with Crippen LogP contribution >= 0.6 is 0 Å². The van der Waals surface area contributed by atoms with E-state index in [-0.39, 0.29) is 5.56 Å². The maximum atomic E-state index is 12.9. The molecule has 0 N–H and O–H groups in total. The number of fused-ring (bicyclic) bond motifs is 2. The van der Waals surface area contributed by atoms with Gasteiger partial charge in [-0.15, -0.1) is 0 Å². The summed E-state index contributed by atoms with van der Waals surface area (Å²) in [6.45, 7) is 2.35. The number of nitrogens with zero attached hydrogens (tertiary/aromatic N) is 5. The van der Waals surface area contributed by atoms with Crippen molar-refractivity contribution in [3.63, 3.8) is 0 Å². The summed E-state index contributed by atoms with van der Waals surface area (Å²) in [5, 5.41) is 10.2. The lowest BCUT2D eigenvalue weighted by molar-refractivity contribution is 0.351. The number of piperidine rings is 1. The highest BCUT2D eigenvalue weighted by atomic mass is 16.5. The molecule has 1 aromatic carbocycles. The third-order valence-electron chi connectivity index (χ3n) is 6.55. The molecule has 0 radical (unpaired) electrons. The van der Waals surface area contributed by atoms with Gasteiger partial charge in [-0.25, -0.2) is 9.97 Å². The molecule has 7 heteroatoms. The Labute approximate surface area is 180 Å². The van der Waals surface area contributed by atoms with Gasteiger partial charge in [0.1, 0.15) is 17.6 Å². The summed E-state index contributed by atoms with van der Waals surface area (Å²) in [5.41, 5.74) is 3.71. The number of hydrogen-bond acceptors (Lipinski definition) is 6. The standard InChI is InChI=1S/C24H25N5O2/c1-31-19-5-6-20-22(12-19)26-15-29(24(20)30)14-16-7-9-28(10-8-16)23-18(13-25)11-17-3-2-4-21(17)27-23/h5-6,11-12,15-16H,2-4,7-10,14H2,1H3. The second-order valence-electron chi connectivity index (χ2n) is 8.45. The highest BCUT2D eigenvalue weighted by Crippen LogP contribution is 2.30. The molecular formula is C24H25N5O2. The van der Waals surface area contributed by atoms with Crippen molar-refractivity contribution in [2.45, 2.75) is 38.6 Å². The molecule has 3 aromatic rings. The van der Waals surface area contributed by atoms with Gasteiger partial charge in [0.25, 0.3) is 5.56 Å². The summed E-state index contributed by atoms with van der Waals surface area (Å²) in [6, 6.07) is 9.74. The molecule has 0 saturated carbocycles. The summed E-state index contributed by atoms with van der Waals surface area (Å²) in [5.74, 6) is 1.92. The van der Waals surface area contributed by atoms with Crippen molar-refractivity contribution in [3.05, 3.63) is 57.8 Å². The Hall–Kier alpha value is -3.40. The molecule has 158 valence electrons. The average Bonchev–Trinajstić information content (AvgIpc) is 3.28. The number of nitriles is 1. The van der Waals surface area contributed by atoms with Crippen molar-refractivity contribution in [1.29, 1.82) is 5.26 Å². The Morgan fingerprint density at radius 1 is 1.23 bits per heavy atom. The molecule has 2 aliphatic rings. The topological polar surface area (TPSA) is 84.0 Å². The van der Waals surface area contributed by atoms with Crippen LogP contribution in [0.25, 0.3) is 10.9 Å². The Morgan fingerprint density at radius 3 is 2.84 bits per heavy atom. The van der Waals surface area contributed by atoms with Crippen LogP contribution in [0.4, 0.5) is 5.82 Å². The molecule has 3 heterocycles. The first-order chi connectivity index (χ1) is 15.2. The molecule has 2 aromatic heterocycles. The molecule has 5 rings (SSSR count). The first-order valence-corrected chi connectivity index (χ1v) is 10.9. The van der Waals surface area contributed by atoms with Gasteiger partial charge >= 0.3 is 0 Å². The van der Waals surface area contributed by atoms with E-state index >= 15 is 0 Å². The van der Waals surface area contributed by atoms with Crippen LogP contribution in [-0.4, -0.2) is 34.7 Å². The number of rotatable bonds is 4. The predicted molar refractivity (Wildman–Crippen MR) is 118 cm³/mol. The number of hydrogen-bond donors (Lipinski definition) is 0. The van der Waals surface area contributed by atoms with Crippen LogP contribution < -0.4 is 15.2 Å². The summed E-state index contributed by atoms with van der Waals surface area (Å²) in [6.07, 6.45) is 6.72. The van der Waals surface area contributed by atoms with Crippen LogP contribution in [0.5, 0.6) is 5.75 Å². The van der Waals surface area contributed by atoms with Gasteiger partial charge in [0.15, 0.2) is 0 Å². The van der Waals surface area contributed by atoms with Crippen molar-refractivity contribution in [2.75, 3.05) is 25.1 Å². The minimum absolute atomic E-state index is 0.0119. The fraction of sp³-hybridized carbons (Fsp3) is 0.417. The quantitative estimate of drug-likeness (QED) is 0.651. The number of benzene rings is 1. The van der Waals surface area contributed by atoms with Crippen molar-refractivity contribution in [2.24, 2.45) is 5.92 Å². The van der Waals surface area contributed by atoms with Crippen LogP contribution in [0, 0.1) is 17.2 Å². The van der Waals surface area contributed by atoms with E-state index in [1.807, 2.05) is 6.07 Å². The first kappa shape index (κ1) is 19.6. The molecule has 1 saturated heterocycles. The van der Waals surface area contributed by atoms with Crippen molar-refractivity contribution < 1.29 is 4.74 Å². The number of pyridine rings is 1. The van der Waals surface area contributed by atoms with E-state index in [0.29, 0.717) is 34.7 Å². The molecule has 0 amide bonds. The molecule has 0 bridgehead atoms.